The summed E-state index contributed by atoms with van der Waals surface area (Å²) in [5, 5.41) is 13.1. The zero-order valence-electron chi connectivity index (χ0n) is 10.2. The van der Waals surface area contributed by atoms with E-state index in [4.69, 9.17) is 4.74 Å². The van der Waals surface area contributed by atoms with Crippen LogP contribution >= 0.6 is 0 Å². The van der Waals surface area contributed by atoms with Gasteiger partial charge in [0.05, 0.1) is 6.61 Å². The molecule has 2 atom stereocenters. The molecule has 1 aliphatic rings. The Kier molecular flexibility index (Phi) is 3.94. The number of halogens is 2. The normalized spacial score (nSPS) is 25.3. The summed E-state index contributed by atoms with van der Waals surface area (Å²) in [6.45, 7) is 2.93. The lowest BCUT2D eigenvalue weighted by Gasteiger charge is -2.24. The Bertz CT molecular complexity index is 419. The SMILES string of the molecule is C[C@@H](NC[C@]1(O)CCOC1)c1ccc(F)cc1F. The fourth-order valence-corrected chi connectivity index (χ4v) is 2.04. The van der Waals surface area contributed by atoms with E-state index in [0.29, 0.717) is 31.7 Å². The molecule has 0 aliphatic carbocycles. The van der Waals surface area contributed by atoms with E-state index in [1.165, 1.54) is 12.1 Å². The van der Waals surface area contributed by atoms with Crippen LogP contribution in [-0.2, 0) is 4.74 Å². The van der Waals surface area contributed by atoms with Crippen molar-refractivity contribution in [3.63, 3.8) is 0 Å². The van der Waals surface area contributed by atoms with E-state index in [2.05, 4.69) is 5.32 Å². The maximum Gasteiger partial charge on any atom is 0.130 e. The molecule has 5 heteroatoms. The molecular formula is C13H17F2NO2. The van der Waals surface area contributed by atoms with Gasteiger partial charge in [0.2, 0.25) is 0 Å². The van der Waals surface area contributed by atoms with Gasteiger partial charge in [-0.25, -0.2) is 8.78 Å². The molecule has 1 aromatic rings. The molecule has 0 aromatic heterocycles. The molecule has 2 N–H and O–H groups in total. The summed E-state index contributed by atoms with van der Waals surface area (Å²) in [4.78, 5) is 0. The van der Waals surface area contributed by atoms with Gasteiger partial charge in [-0.05, 0) is 13.0 Å². The number of rotatable bonds is 4. The van der Waals surface area contributed by atoms with Gasteiger partial charge in [-0.1, -0.05) is 6.07 Å². The highest BCUT2D eigenvalue weighted by Crippen LogP contribution is 2.21. The Morgan fingerprint density at radius 2 is 2.28 bits per heavy atom. The number of hydrogen-bond donors (Lipinski definition) is 2. The van der Waals surface area contributed by atoms with Crippen LogP contribution in [0.3, 0.4) is 0 Å². The fourth-order valence-electron chi connectivity index (χ4n) is 2.04. The first-order valence-corrected chi connectivity index (χ1v) is 5.99. The van der Waals surface area contributed by atoms with Gasteiger partial charge < -0.3 is 15.2 Å². The molecular weight excluding hydrogens is 240 g/mol. The Morgan fingerprint density at radius 1 is 1.50 bits per heavy atom. The number of ether oxygens (including phenoxy) is 1. The second kappa shape index (κ2) is 5.30. The molecule has 0 amide bonds. The summed E-state index contributed by atoms with van der Waals surface area (Å²) in [6, 6.07) is 3.21. The Balaban J connectivity index is 1.97. The fraction of sp³-hybridized carbons (Fsp3) is 0.538. The third-order valence-corrected chi connectivity index (χ3v) is 3.25. The molecule has 0 bridgehead atoms. The molecule has 1 aromatic carbocycles. The van der Waals surface area contributed by atoms with Gasteiger partial charge in [0, 0.05) is 37.2 Å². The van der Waals surface area contributed by atoms with Crippen molar-refractivity contribution in [3.05, 3.63) is 35.4 Å². The predicted molar refractivity (Wildman–Crippen MR) is 63.2 cm³/mol. The standard InChI is InChI=1S/C13H17F2NO2/c1-9(11-3-2-10(14)6-12(11)15)16-7-13(17)4-5-18-8-13/h2-3,6,9,16-17H,4-5,7-8H2,1H3/t9-,13-/m1/s1. The Morgan fingerprint density at radius 3 is 2.89 bits per heavy atom. The molecule has 1 fully saturated rings. The quantitative estimate of drug-likeness (QED) is 0.863. The largest absolute Gasteiger partial charge is 0.386 e. The van der Waals surface area contributed by atoms with Crippen LogP contribution in [0.5, 0.6) is 0 Å². The Labute approximate surface area is 105 Å². The van der Waals surface area contributed by atoms with Gasteiger partial charge in [-0.2, -0.15) is 0 Å². The number of benzene rings is 1. The first kappa shape index (κ1) is 13.4. The summed E-state index contributed by atoms with van der Waals surface area (Å²) in [5.74, 6) is -1.17. The third-order valence-electron chi connectivity index (χ3n) is 3.25. The summed E-state index contributed by atoms with van der Waals surface area (Å²) in [6.07, 6.45) is 0.568. The van der Waals surface area contributed by atoms with E-state index >= 15 is 0 Å². The molecule has 0 saturated carbocycles. The minimum atomic E-state index is -0.884. The van der Waals surface area contributed by atoms with Crippen molar-refractivity contribution >= 4 is 0 Å². The lowest BCUT2D eigenvalue weighted by molar-refractivity contribution is 0.0251. The van der Waals surface area contributed by atoms with Crippen molar-refractivity contribution in [1.82, 2.24) is 5.32 Å². The van der Waals surface area contributed by atoms with E-state index in [0.717, 1.165) is 6.07 Å². The summed E-state index contributed by atoms with van der Waals surface area (Å²) in [5.41, 5.74) is -0.496. The van der Waals surface area contributed by atoms with Gasteiger partial charge in [-0.3, -0.25) is 0 Å². The van der Waals surface area contributed by atoms with E-state index in [1.54, 1.807) is 6.92 Å². The minimum absolute atomic E-state index is 0.290. The van der Waals surface area contributed by atoms with Crippen LogP contribution in [0.1, 0.15) is 24.9 Å². The van der Waals surface area contributed by atoms with Crippen LogP contribution in [0.15, 0.2) is 18.2 Å². The monoisotopic (exact) mass is 257 g/mol. The molecule has 1 aliphatic heterocycles. The van der Waals surface area contributed by atoms with Gasteiger partial charge in [0.25, 0.3) is 0 Å². The maximum absolute atomic E-state index is 13.5. The Hall–Kier alpha value is -1.04. The van der Waals surface area contributed by atoms with Crippen LogP contribution in [-0.4, -0.2) is 30.5 Å². The van der Waals surface area contributed by atoms with E-state index < -0.39 is 17.2 Å². The van der Waals surface area contributed by atoms with Gasteiger partial charge >= 0.3 is 0 Å². The first-order valence-electron chi connectivity index (χ1n) is 5.99. The molecule has 1 heterocycles. The summed E-state index contributed by atoms with van der Waals surface area (Å²) < 4.78 is 31.4. The average molecular weight is 257 g/mol. The van der Waals surface area contributed by atoms with Crippen molar-refractivity contribution in [1.29, 1.82) is 0 Å². The van der Waals surface area contributed by atoms with Gasteiger partial charge in [-0.15, -0.1) is 0 Å². The van der Waals surface area contributed by atoms with Crippen LogP contribution in [0.4, 0.5) is 8.78 Å². The molecule has 1 saturated heterocycles. The van der Waals surface area contributed by atoms with E-state index in [1.807, 2.05) is 0 Å². The number of hydrogen-bond acceptors (Lipinski definition) is 3. The van der Waals surface area contributed by atoms with Crippen LogP contribution < -0.4 is 5.32 Å². The zero-order chi connectivity index (χ0) is 13.2. The van der Waals surface area contributed by atoms with Crippen molar-refractivity contribution < 1.29 is 18.6 Å². The van der Waals surface area contributed by atoms with Gasteiger partial charge in [0.15, 0.2) is 0 Å². The van der Waals surface area contributed by atoms with Crippen LogP contribution in [0, 0.1) is 11.6 Å². The second-order valence-electron chi connectivity index (χ2n) is 4.80. The molecule has 3 nitrogen and oxygen atoms in total. The highest BCUT2D eigenvalue weighted by atomic mass is 19.1. The molecule has 18 heavy (non-hydrogen) atoms. The summed E-state index contributed by atoms with van der Waals surface area (Å²) >= 11 is 0. The van der Waals surface area contributed by atoms with Crippen LogP contribution in [0.25, 0.3) is 0 Å². The smallest absolute Gasteiger partial charge is 0.130 e. The molecule has 0 radical (unpaired) electrons. The lowest BCUT2D eigenvalue weighted by Crippen LogP contribution is -2.42. The van der Waals surface area contributed by atoms with E-state index in [9.17, 15) is 13.9 Å². The topological polar surface area (TPSA) is 41.5 Å². The van der Waals surface area contributed by atoms with Gasteiger partial charge in [0.1, 0.15) is 17.2 Å². The maximum atomic E-state index is 13.5. The minimum Gasteiger partial charge on any atom is -0.386 e. The van der Waals surface area contributed by atoms with E-state index in [-0.39, 0.29) is 6.04 Å². The highest BCUT2D eigenvalue weighted by Gasteiger charge is 2.32. The third kappa shape index (κ3) is 3.04. The zero-order valence-corrected chi connectivity index (χ0v) is 10.2. The first-order chi connectivity index (χ1) is 8.50. The van der Waals surface area contributed by atoms with Crippen LogP contribution in [0.2, 0.25) is 0 Å². The number of aliphatic hydroxyl groups is 1. The van der Waals surface area contributed by atoms with Crippen molar-refractivity contribution in [2.45, 2.75) is 25.0 Å². The predicted octanol–water partition coefficient (Wildman–Crippen LogP) is 1.77. The number of nitrogens with one attached hydrogen (secondary N) is 1. The highest BCUT2D eigenvalue weighted by molar-refractivity contribution is 5.21. The summed E-state index contributed by atoms with van der Waals surface area (Å²) in [7, 11) is 0. The molecule has 100 valence electrons. The van der Waals surface area contributed by atoms with Crippen molar-refractivity contribution in [2.75, 3.05) is 19.8 Å². The van der Waals surface area contributed by atoms with Crippen molar-refractivity contribution in [3.8, 4) is 0 Å². The van der Waals surface area contributed by atoms with Crippen molar-refractivity contribution in [2.24, 2.45) is 0 Å². The molecule has 0 spiro atoms. The molecule has 2 rings (SSSR count). The second-order valence-corrected chi connectivity index (χ2v) is 4.80. The molecule has 0 unspecified atom stereocenters. The lowest BCUT2D eigenvalue weighted by atomic mass is 10.0. The average Bonchev–Trinajstić information content (AvgIpc) is 2.74.